The molecule has 1 aromatic rings. The highest BCUT2D eigenvalue weighted by atomic mass is 15.3. The standard InChI is InChI=1S/C17H27N3/c1-13(2)16-12-20(10-9-19(16)3)11-15-6-4-5-14-7-8-18-17(14)15/h4-6,13,16,18H,7-12H2,1-3H3. The quantitative estimate of drug-likeness (QED) is 0.912. The predicted octanol–water partition coefficient (Wildman–Crippen LogP) is 2.43. The summed E-state index contributed by atoms with van der Waals surface area (Å²) < 4.78 is 0. The van der Waals surface area contributed by atoms with Crippen molar-refractivity contribution >= 4 is 5.69 Å². The van der Waals surface area contributed by atoms with Gasteiger partial charge in [0.2, 0.25) is 0 Å². The largest absolute Gasteiger partial charge is 0.384 e. The van der Waals surface area contributed by atoms with E-state index in [0.29, 0.717) is 6.04 Å². The van der Waals surface area contributed by atoms with Crippen molar-refractivity contribution in [2.45, 2.75) is 32.9 Å². The van der Waals surface area contributed by atoms with E-state index >= 15 is 0 Å². The normalized spacial score (nSPS) is 23.9. The zero-order chi connectivity index (χ0) is 14.1. The molecule has 0 amide bonds. The van der Waals surface area contributed by atoms with E-state index in [1.165, 1.54) is 42.9 Å². The van der Waals surface area contributed by atoms with Crippen molar-refractivity contribution in [1.29, 1.82) is 0 Å². The Morgan fingerprint density at radius 1 is 1.30 bits per heavy atom. The second-order valence-electron chi connectivity index (χ2n) is 6.66. The third-order valence-corrected chi connectivity index (χ3v) is 4.88. The molecule has 0 bridgehead atoms. The molecule has 0 aromatic heterocycles. The minimum absolute atomic E-state index is 0.688. The molecular weight excluding hydrogens is 246 g/mol. The van der Waals surface area contributed by atoms with Crippen LogP contribution in [0.1, 0.15) is 25.0 Å². The Balaban J connectivity index is 1.71. The van der Waals surface area contributed by atoms with Gasteiger partial charge in [0, 0.05) is 44.5 Å². The first-order valence-electron chi connectivity index (χ1n) is 7.92. The van der Waals surface area contributed by atoms with Crippen LogP contribution in [0.3, 0.4) is 0 Å². The van der Waals surface area contributed by atoms with E-state index < -0.39 is 0 Å². The second-order valence-corrected chi connectivity index (χ2v) is 6.66. The van der Waals surface area contributed by atoms with Crippen molar-refractivity contribution in [3.05, 3.63) is 29.3 Å². The van der Waals surface area contributed by atoms with Crippen molar-refractivity contribution in [2.75, 3.05) is 38.5 Å². The monoisotopic (exact) mass is 273 g/mol. The van der Waals surface area contributed by atoms with Crippen LogP contribution < -0.4 is 5.32 Å². The van der Waals surface area contributed by atoms with E-state index in [1.807, 2.05) is 0 Å². The summed E-state index contributed by atoms with van der Waals surface area (Å²) in [5.74, 6) is 0.724. The minimum atomic E-state index is 0.688. The van der Waals surface area contributed by atoms with Crippen molar-refractivity contribution in [2.24, 2.45) is 5.92 Å². The predicted molar refractivity (Wildman–Crippen MR) is 85.2 cm³/mol. The topological polar surface area (TPSA) is 18.5 Å². The first kappa shape index (κ1) is 13.9. The molecule has 2 heterocycles. The molecule has 110 valence electrons. The van der Waals surface area contributed by atoms with Crippen LogP contribution in [-0.2, 0) is 13.0 Å². The zero-order valence-electron chi connectivity index (χ0n) is 13.0. The van der Waals surface area contributed by atoms with Gasteiger partial charge in [-0.25, -0.2) is 0 Å². The maximum Gasteiger partial charge on any atom is 0.0419 e. The van der Waals surface area contributed by atoms with E-state index in [-0.39, 0.29) is 0 Å². The number of anilines is 1. The molecule has 1 N–H and O–H groups in total. The molecule has 1 unspecified atom stereocenters. The van der Waals surface area contributed by atoms with Crippen molar-refractivity contribution in [3.8, 4) is 0 Å². The van der Waals surface area contributed by atoms with Crippen LogP contribution in [0.2, 0.25) is 0 Å². The Labute approximate surface area is 123 Å². The van der Waals surface area contributed by atoms with Crippen LogP contribution in [0.5, 0.6) is 0 Å². The average molecular weight is 273 g/mol. The van der Waals surface area contributed by atoms with Gasteiger partial charge >= 0.3 is 0 Å². The third-order valence-electron chi connectivity index (χ3n) is 4.88. The fraction of sp³-hybridized carbons (Fsp3) is 0.647. The van der Waals surface area contributed by atoms with Crippen LogP contribution in [0.25, 0.3) is 0 Å². The minimum Gasteiger partial charge on any atom is -0.384 e. The summed E-state index contributed by atoms with van der Waals surface area (Å²) in [5, 5.41) is 3.56. The zero-order valence-corrected chi connectivity index (χ0v) is 13.0. The number of benzene rings is 1. The summed E-state index contributed by atoms with van der Waals surface area (Å²) in [6.07, 6.45) is 1.18. The Morgan fingerprint density at radius 2 is 2.15 bits per heavy atom. The summed E-state index contributed by atoms with van der Waals surface area (Å²) in [4.78, 5) is 5.15. The Hall–Kier alpha value is -1.06. The second kappa shape index (κ2) is 5.74. The lowest BCUT2D eigenvalue weighted by atomic mass is 9.99. The van der Waals surface area contributed by atoms with Crippen molar-refractivity contribution in [3.63, 3.8) is 0 Å². The fourth-order valence-electron chi connectivity index (χ4n) is 3.61. The number of piperazine rings is 1. The highest BCUT2D eigenvalue weighted by Gasteiger charge is 2.27. The number of para-hydroxylation sites is 1. The van der Waals surface area contributed by atoms with Gasteiger partial charge in [0.25, 0.3) is 0 Å². The molecule has 1 saturated heterocycles. The molecule has 3 heteroatoms. The van der Waals surface area contributed by atoms with Gasteiger partial charge in [0.1, 0.15) is 0 Å². The highest BCUT2D eigenvalue weighted by Crippen LogP contribution is 2.28. The van der Waals surface area contributed by atoms with Crippen LogP contribution in [0, 0.1) is 5.92 Å². The Morgan fingerprint density at radius 3 is 2.95 bits per heavy atom. The Bertz CT molecular complexity index is 469. The van der Waals surface area contributed by atoms with Gasteiger partial charge in [0.05, 0.1) is 0 Å². The average Bonchev–Trinajstić information content (AvgIpc) is 2.90. The molecule has 0 aliphatic carbocycles. The number of fused-ring (bicyclic) bond motifs is 1. The molecule has 0 spiro atoms. The lowest BCUT2D eigenvalue weighted by Crippen LogP contribution is -2.53. The molecule has 1 aromatic carbocycles. The number of rotatable bonds is 3. The third kappa shape index (κ3) is 2.70. The highest BCUT2D eigenvalue weighted by molar-refractivity contribution is 5.61. The summed E-state index contributed by atoms with van der Waals surface area (Å²) in [7, 11) is 2.27. The van der Waals surface area contributed by atoms with Crippen LogP contribution in [-0.4, -0.2) is 49.1 Å². The molecule has 0 saturated carbocycles. The lowest BCUT2D eigenvalue weighted by Gasteiger charge is -2.41. The number of nitrogens with one attached hydrogen (secondary N) is 1. The number of hydrogen-bond acceptors (Lipinski definition) is 3. The summed E-state index contributed by atoms with van der Waals surface area (Å²) in [6, 6.07) is 7.46. The maximum absolute atomic E-state index is 3.56. The smallest absolute Gasteiger partial charge is 0.0419 e. The maximum atomic E-state index is 3.56. The summed E-state index contributed by atoms with van der Waals surface area (Å²) >= 11 is 0. The fourth-order valence-corrected chi connectivity index (χ4v) is 3.61. The molecule has 3 rings (SSSR count). The van der Waals surface area contributed by atoms with Gasteiger partial charge in [-0.3, -0.25) is 4.90 Å². The summed E-state index contributed by atoms with van der Waals surface area (Å²) in [5.41, 5.74) is 4.39. The first-order valence-corrected chi connectivity index (χ1v) is 7.92. The van der Waals surface area contributed by atoms with Crippen LogP contribution in [0.4, 0.5) is 5.69 Å². The first-order chi connectivity index (χ1) is 9.65. The van der Waals surface area contributed by atoms with Crippen LogP contribution in [0.15, 0.2) is 18.2 Å². The molecule has 0 radical (unpaired) electrons. The summed E-state index contributed by atoms with van der Waals surface area (Å²) in [6.45, 7) is 10.4. The van der Waals surface area contributed by atoms with Gasteiger partial charge in [0.15, 0.2) is 0 Å². The molecule has 1 atom stereocenters. The Kier molecular flexibility index (Phi) is 3.99. The van der Waals surface area contributed by atoms with Crippen molar-refractivity contribution < 1.29 is 0 Å². The molecule has 3 nitrogen and oxygen atoms in total. The molecule has 2 aliphatic rings. The number of hydrogen-bond donors (Lipinski definition) is 1. The van der Waals surface area contributed by atoms with E-state index in [4.69, 9.17) is 0 Å². The lowest BCUT2D eigenvalue weighted by molar-refractivity contribution is 0.0657. The van der Waals surface area contributed by atoms with Gasteiger partial charge in [-0.2, -0.15) is 0 Å². The number of nitrogens with zero attached hydrogens (tertiary/aromatic N) is 2. The molecule has 2 aliphatic heterocycles. The molecule has 1 fully saturated rings. The number of likely N-dealkylation sites (N-methyl/N-ethyl adjacent to an activating group) is 1. The van der Waals surface area contributed by atoms with Crippen molar-refractivity contribution in [1.82, 2.24) is 9.80 Å². The van der Waals surface area contributed by atoms with E-state index in [1.54, 1.807) is 0 Å². The van der Waals surface area contributed by atoms with E-state index in [0.717, 1.165) is 19.0 Å². The molecular formula is C17H27N3. The van der Waals surface area contributed by atoms with E-state index in [2.05, 4.69) is 54.2 Å². The SMILES string of the molecule is CC(C)C1CN(Cc2cccc3c2NCC3)CCN1C. The van der Waals surface area contributed by atoms with Gasteiger partial charge in [-0.1, -0.05) is 32.0 Å². The van der Waals surface area contributed by atoms with Gasteiger partial charge in [-0.15, -0.1) is 0 Å². The van der Waals surface area contributed by atoms with Gasteiger partial charge in [-0.05, 0) is 30.5 Å². The van der Waals surface area contributed by atoms with Crippen LogP contribution >= 0.6 is 0 Å². The van der Waals surface area contributed by atoms with Gasteiger partial charge < -0.3 is 10.2 Å². The van der Waals surface area contributed by atoms with E-state index in [9.17, 15) is 0 Å². The molecule has 20 heavy (non-hydrogen) atoms.